The number of amides is 1. The number of aryl methyl sites for hydroxylation is 1. The molecule has 0 fully saturated rings. The lowest BCUT2D eigenvalue weighted by Gasteiger charge is -2.01. The van der Waals surface area contributed by atoms with Crippen LogP contribution in [0.15, 0.2) is 41.1 Å². The number of thiophene rings is 2. The molecule has 3 aromatic heterocycles. The van der Waals surface area contributed by atoms with Crippen LogP contribution in [0.5, 0.6) is 0 Å². The van der Waals surface area contributed by atoms with Crippen molar-refractivity contribution in [3.8, 4) is 10.6 Å². The van der Waals surface area contributed by atoms with Crippen LogP contribution in [0.1, 0.15) is 22.3 Å². The van der Waals surface area contributed by atoms with E-state index in [1.165, 1.54) is 4.88 Å². The van der Waals surface area contributed by atoms with Crippen LogP contribution in [0.3, 0.4) is 0 Å². The Morgan fingerprint density at radius 2 is 2.09 bits per heavy atom. The van der Waals surface area contributed by atoms with Crippen molar-refractivity contribution in [2.45, 2.75) is 19.9 Å². The van der Waals surface area contributed by atoms with E-state index in [0.29, 0.717) is 12.2 Å². The summed E-state index contributed by atoms with van der Waals surface area (Å²) in [5.41, 5.74) is 1.48. The molecule has 0 radical (unpaired) electrons. The molecule has 22 heavy (non-hydrogen) atoms. The summed E-state index contributed by atoms with van der Waals surface area (Å²) in [6, 6.07) is 10.0. The van der Waals surface area contributed by atoms with Crippen LogP contribution < -0.4 is 5.32 Å². The Balaban J connectivity index is 1.67. The molecular formula is C16H17N3OS2. The minimum absolute atomic E-state index is 0.110. The predicted octanol–water partition coefficient (Wildman–Crippen LogP) is 3.67. The number of carbonyl (C=O) groups is 1. The van der Waals surface area contributed by atoms with E-state index in [4.69, 9.17) is 0 Å². The van der Waals surface area contributed by atoms with Gasteiger partial charge in [0.25, 0.3) is 5.91 Å². The second-order valence-electron chi connectivity index (χ2n) is 4.79. The van der Waals surface area contributed by atoms with E-state index < -0.39 is 0 Å². The molecular weight excluding hydrogens is 314 g/mol. The molecule has 114 valence electrons. The minimum atomic E-state index is -0.110. The number of nitrogens with one attached hydrogen (secondary N) is 1. The lowest BCUT2D eigenvalue weighted by atomic mass is 10.3. The average Bonchev–Trinajstić information content (AvgIpc) is 3.27. The fourth-order valence-corrected chi connectivity index (χ4v) is 3.69. The Bertz CT molecular complexity index is 730. The normalized spacial score (nSPS) is 10.8. The zero-order valence-corrected chi connectivity index (χ0v) is 13.9. The molecule has 0 aliphatic rings. The van der Waals surface area contributed by atoms with Gasteiger partial charge in [0.05, 0.1) is 10.6 Å². The number of carbonyl (C=O) groups excluding carboxylic acids is 1. The molecule has 0 saturated carbocycles. The van der Waals surface area contributed by atoms with Gasteiger partial charge in [-0.3, -0.25) is 9.48 Å². The highest BCUT2D eigenvalue weighted by Crippen LogP contribution is 2.25. The fourth-order valence-electron chi connectivity index (χ4n) is 2.24. The summed E-state index contributed by atoms with van der Waals surface area (Å²) in [4.78, 5) is 14.7. The summed E-state index contributed by atoms with van der Waals surface area (Å²) < 4.78 is 1.88. The quantitative estimate of drug-likeness (QED) is 0.749. The van der Waals surface area contributed by atoms with Gasteiger partial charge in [0.1, 0.15) is 0 Å². The molecule has 0 aromatic carbocycles. The van der Waals surface area contributed by atoms with E-state index in [9.17, 15) is 4.79 Å². The van der Waals surface area contributed by atoms with Crippen molar-refractivity contribution in [1.29, 1.82) is 0 Å². The van der Waals surface area contributed by atoms with Crippen LogP contribution >= 0.6 is 22.7 Å². The molecule has 4 nitrogen and oxygen atoms in total. The minimum Gasteiger partial charge on any atom is -0.350 e. The lowest BCUT2D eigenvalue weighted by molar-refractivity contribution is 0.0948. The third kappa shape index (κ3) is 3.28. The smallest absolute Gasteiger partial charge is 0.271 e. The van der Waals surface area contributed by atoms with Crippen LogP contribution in [0.2, 0.25) is 0 Å². The van der Waals surface area contributed by atoms with Crippen molar-refractivity contribution in [2.24, 2.45) is 0 Å². The number of aromatic nitrogens is 2. The van der Waals surface area contributed by atoms with E-state index in [-0.39, 0.29) is 5.91 Å². The van der Waals surface area contributed by atoms with Crippen LogP contribution in [-0.4, -0.2) is 22.2 Å². The van der Waals surface area contributed by atoms with Crippen LogP contribution in [0.4, 0.5) is 0 Å². The van der Waals surface area contributed by atoms with Gasteiger partial charge in [0, 0.05) is 18.0 Å². The first-order chi connectivity index (χ1) is 10.8. The van der Waals surface area contributed by atoms with Gasteiger partial charge in [0.15, 0.2) is 5.69 Å². The zero-order valence-electron chi connectivity index (χ0n) is 12.3. The molecule has 0 aliphatic carbocycles. The first-order valence-electron chi connectivity index (χ1n) is 7.20. The summed E-state index contributed by atoms with van der Waals surface area (Å²) in [5, 5.41) is 11.4. The summed E-state index contributed by atoms with van der Waals surface area (Å²) in [5.74, 6) is -0.110. The monoisotopic (exact) mass is 331 g/mol. The molecule has 0 atom stereocenters. The molecule has 0 bridgehead atoms. The van der Waals surface area contributed by atoms with Gasteiger partial charge in [-0.05, 0) is 42.3 Å². The van der Waals surface area contributed by atoms with Gasteiger partial charge < -0.3 is 5.32 Å². The lowest BCUT2D eigenvalue weighted by Crippen LogP contribution is -2.26. The van der Waals surface area contributed by atoms with E-state index in [0.717, 1.165) is 23.5 Å². The predicted molar refractivity (Wildman–Crippen MR) is 91.6 cm³/mol. The Morgan fingerprint density at radius 1 is 1.27 bits per heavy atom. The first-order valence-corrected chi connectivity index (χ1v) is 8.96. The summed E-state index contributed by atoms with van der Waals surface area (Å²) in [6.07, 6.45) is 0.857. The molecule has 1 amide bonds. The second-order valence-corrected chi connectivity index (χ2v) is 6.77. The van der Waals surface area contributed by atoms with Crippen molar-refractivity contribution < 1.29 is 4.79 Å². The highest BCUT2D eigenvalue weighted by molar-refractivity contribution is 7.13. The van der Waals surface area contributed by atoms with E-state index in [1.54, 1.807) is 22.7 Å². The zero-order chi connectivity index (χ0) is 15.4. The summed E-state index contributed by atoms with van der Waals surface area (Å²) in [6.45, 7) is 3.41. The number of nitrogens with zero attached hydrogens (tertiary/aromatic N) is 2. The maximum absolute atomic E-state index is 12.2. The molecule has 0 spiro atoms. The largest absolute Gasteiger partial charge is 0.350 e. The second kappa shape index (κ2) is 6.89. The Morgan fingerprint density at radius 3 is 2.77 bits per heavy atom. The first kappa shape index (κ1) is 15.0. The molecule has 0 unspecified atom stereocenters. The van der Waals surface area contributed by atoms with E-state index in [1.807, 2.05) is 46.6 Å². The van der Waals surface area contributed by atoms with Gasteiger partial charge in [-0.1, -0.05) is 12.1 Å². The van der Waals surface area contributed by atoms with Gasteiger partial charge >= 0.3 is 0 Å². The van der Waals surface area contributed by atoms with Gasteiger partial charge in [-0.15, -0.1) is 22.7 Å². The highest BCUT2D eigenvalue weighted by Gasteiger charge is 2.15. The highest BCUT2D eigenvalue weighted by atomic mass is 32.1. The molecule has 0 saturated heterocycles. The summed E-state index contributed by atoms with van der Waals surface area (Å²) in [7, 11) is 0. The maximum atomic E-state index is 12.2. The molecule has 0 aliphatic heterocycles. The maximum Gasteiger partial charge on any atom is 0.271 e. The molecule has 3 rings (SSSR count). The topological polar surface area (TPSA) is 46.9 Å². The van der Waals surface area contributed by atoms with Crippen LogP contribution in [0.25, 0.3) is 10.6 Å². The Labute approximate surface area is 137 Å². The number of rotatable bonds is 6. The van der Waals surface area contributed by atoms with Crippen molar-refractivity contribution in [1.82, 2.24) is 15.1 Å². The average molecular weight is 331 g/mol. The standard InChI is InChI=1S/C16H17N3OS2/c1-2-19-14(15-6-4-10-22-15)11-13(18-19)16(20)17-8-7-12-5-3-9-21-12/h3-6,9-11H,2,7-8H2,1H3,(H,17,20). The third-order valence-electron chi connectivity index (χ3n) is 3.32. The van der Waals surface area contributed by atoms with Gasteiger partial charge in [-0.2, -0.15) is 5.10 Å². The van der Waals surface area contributed by atoms with Crippen molar-refractivity contribution in [3.05, 3.63) is 51.7 Å². The molecule has 6 heteroatoms. The van der Waals surface area contributed by atoms with Crippen molar-refractivity contribution in [2.75, 3.05) is 6.54 Å². The molecule has 1 N–H and O–H groups in total. The fraction of sp³-hybridized carbons (Fsp3) is 0.250. The number of hydrogen-bond acceptors (Lipinski definition) is 4. The van der Waals surface area contributed by atoms with Gasteiger partial charge in [0.2, 0.25) is 0 Å². The summed E-state index contributed by atoms with van der Waals surface area (Å²) >= 11 is 3.36. The Hall–Kier alpha value is -1.92. The van der Waals surface area contributed by atoms with Crippen LogP contribution in [0, 0.1) is 0 Å². The van der Waals surface area contributed by atoms with Gasteiger partial charge in [-0.25, -0.2) is 0 Å². The number of hydrogen-bond donors (Lipinski definition) is 1. The SMILES string of the molecule is CCn1nc(C(=O)NCCc2cccs2)cc1-c1cccs1. The molecule has 3 heterocycles. The van der Waals surface area contributed by atoms with Crippen molar-refractivity contribution >= 4 is 28.6 Å². The van der Waals surface area contributed by atoms with E-state index in [2.05, 4.69) is 16.5 Å². The van der Waals surface area contributed by atoms with Crippen molar-refractivity contribution in [3.63, 3.8) is 0 Å². The van der Waals surface area contributed by atoms with Crippen LogP contribution in [-0.2, 0) is 13.0 Å². The molecule has 3 aromatic rings. The van der Waals surface area contributed by atoms with E-state index >= 15 is 0 Å². The third-order valence-corrected chi connectivity index (χ3v) is 5.15. The Kier molecular flexibility index (Phi) is 4.70.